The van der Waals surface area contributed by atoms with Crippen LogP contribution in [0.5, 0.6) is 0 Å². The lowest BCUT2D eigenvalue weighted by Crippen LogP contribution is -2.69. The Morgan fingerprint density at radius 3 is 2.48 bits per heavy atom. The molecule has 2 aliphatic heterocycles. The molecule has 0 aromatic heterocycles. The van der Waals surface area contributed by atoms with Gasteiger partial charge in [0.15, 0.2) is 0 Å². The Kier molecular flexibility index (Phi) is 8.46. The minimum atomic E-state index is -1.47. The van der Waals surface area contributed by atoms with Gasteiger partial charge in [0.05, 0.1) is 18.0 Å². The number of hydrogen-bond acceptors (Lipinski definition) is 6. The first kappa shape index (κ1) is 29.4. The van der Waals surface area contributed by atoms with E-state index in [4.69, 9.17) is 10.5 Å². The van der Waals surface area contributed by atoms with Crippen LogP contribution in [0.1, 0.15) is 32.8 Å². The van der Waals surface area contributed by atoms with Gasteiger partial charge in [-0.05, 0) is 34.2 Å². The Labute approximate surface area is 238 Å². The van der Waals surface area contributed by atoms with E-state index in [1.165, 1.54) is 11.8 Å². The number of rotatable bonds is 7. The fourth-order valence-corrected chi connectivity index (χ4v) is 6.48. The van der Waals surface area contributed by atoms with E-state index in [9.17, 15) is 24.3 Å². The van der Waals surface area contributed by atoms with E-state index in [0.717, 1.165) is 27.3 Å². The maximum Gasteiger partial charge on any atom is 0.405 e. The van der Waals surface area contributed by atoms with Crippen molar-refractivity contribution in [1.82, 2.24) is 10.6 Å². The van der Waals surface area contributed by atoms with Crippen molar-refractivity contribution in [2.75, 3.05) is 30.9 Å². The number of ether oxygens (including phenoxy) is 1. The van der Waals surface area contributed by atoms with Crippen LogP contribution in [0.25, 0.3) is 11.1 Å². The molecule has 1 fully saturated rings. The molecular formula is C29H36N4O6S. The summed E-state index contributed by atoms with van der Waals surface area (Å²) in [6, 6.07) is 12.5. The Balaban J connectivity index is 1.52. The molecule has 2 aliphatic rings. The molecule has 3 unspecified atom stereocenters. The molecule has 4 amide bonds. The number of carbonyl (C=O) groups excluding carboxylic acids is 3. The van der Waals surface area contributed by atoms with Crippen molar-refractivity contribution in [2.45, 2.75) is 50.1 Å². The van der Waals surface area contributed by atoms with E-state index >= 15 is 0 Å². The Bertz CT molecular complexity index is 1310. The number of anilines is 1. The average molecular weight is 569 g/mol. The number of carboxylic acid groups (broad SMARTS) is 1. The summed E-state index contributed by atoms with van der Waals surface area (Å²) in [5.74, 6) is -1.30. The third-order valence-electron chi connectivity index (χ3n) is 7.72. The summed E-state index contributed by atoms with van der Waals surface area (Å²) < 4.78 is 5.61. The highest BCUT2D eigenvalue weighted by molar-refractivity contribution is 8.00. The standard InChI is InChI=1S/C29H36N4O6S/c1-28(2,3)23-15-39-12-11-29(23,32-27(37)38)26(36)31-20(25(30)35)13-17-5-7-18(8-6-17)19-9-10-21-22(14-19)40-16-24(34)33(21)4/h5-10,14,20,23,32H,11-13,15-16H2,1-4H3,(H2,30,35)(H,31,36)(H,37,38). The van der Waals surface area contributed by atoms with E-state index in [2.05, 4.69) is 16.7 Å². The number of nitrogens with two attached hydrogens (primary N) is 1. The lowest BCUT2D eigenvalue weighted by molar-refractivity contribution is -0.143. The zero-order chi connectivity index (χ0) is 29.2. The summed E-state index contributed by atoms with van der Waals surface area (Å²) >= 11 is 1.51. The van der Waals surface area contributed by atoms with Crippen LogP contribution in [0.2, 0.25) is 0 Å². The molecule has 0 radical (unpaired) electrons. The molecule has 4 rings (SSSR count). The molecule has 11 heteroatoms. The maximum atomic E-state index is 13.7. The minimum Gasteiger partial charge on any atom is -0.465 e. The number of nitrogens with one attached hydrogen (secondary N) is 2. The normalized spacial score (nSPS) is 21.8. The predicted molar refractivity (Wildman–Crippen MR) is 153 cm³/mol. The highest BCUT2D eigenvalue weighted by atomic mass is 32.2. The highest BCUT2D eigenvalue weighted by Crippen LogP contribution is 2.40. The Hall–Kier alpha value is -3.57. The second-order valence-corrected chi connectivity index (χ2v) is 12.4. The second-order valence-electron chi connectivity index (χ2n) is 11.4. The van der Waals surface area contributed by atoms with Gasteiger partial charge in [0.25, 0.3) is 0 Å². The molecule has 10 nitrogen and oxygen atoms in total. The first-order valence-corrected chi connectivity index (χ1v) is 14.1. The van der Waals surface area contributed by atoms with Crippen molar-refractivity contribution < 1.29 is 29.0 Å². The summed E-state index contributed by atoms with van der Waals surface area (Å²) in [4.78, 5) is 52.6. The van der Waals surface area contributed by atoms with E-state index in [1.54, 1.807) is 11.9 Å². The van der Waals surface area contributed by atoms with Gasteiger partial charge in [-0.2, -0.15) is 0 Å². The summed E-state index contributed by atoms with van der Waals surface area (Å²) in [7, 11) is 1.77. The summed E-state index contributed by atoms with van der Waals surface area (Å²) in [5.41, 5.74) is 7.39. The summed E-state index contributed by atoms with van der Waals surface area (Å²) in [5, 5.41) is 14.8. The lowest BCUT2D eigenvalue weighted by atomic mass is 9.66. The van der Waals surface area contributed by atoms with Gasteiger partial charge in [-0.15, -0.1) is 11.8 Å². The Morgan fingerprint density at radius 2 is 1.85 bits per heavy atom. The van der Waals surface area contributed by atoms with Gasteiger partial charge < -0.3 is 31.1 Å². The predicted octanol–water partition coefficient (Wildman–Crippen LogP) is 3.02. The van der Waals surface area contributed by atoms with Crippen LogP contribution in [0, 0.1) is 11.3 Å². The smallest absolute Gasteiger partial charge is 0.405 e. The second kappa shape index (κ2) is 11.5. The summed E-state index contributed by atoms with van der Waals surface area (Å²) in [6.45, 7) is 6.17. The monoisotopic (exact) mass is 568 g/mol. The van der Waals surface area contributed by atoms with Gasteiger partial charge in [0, 0.05) is 37.3 Å². The van der Waals surface area contributed by atoms with Gasteiger partial charge in [-0.25, -0.2) is 4.79 Å². The van der Waals surface area contributed by atoms with Gasteiger partial charge in [0.2, 0.25) is 17.7 Å². The quantitative estimate of drug-likeness (QED) is 0.401. The van der Waals surface area contributed by atoms with Crippen LogP contribution in [-0.2, 0) is 25.5 Å². The molecule has 0 spiro atoms. The number of hydrogen-bond donors (Lipinski definition) is 4. The molecule has 3 atom stereocenters. The number of carbonyl (C=O) groups is 4. The van der Waals surface area contributed by atoms with Gasteiger partial charge in [-0.1, -0.05) is 51.1 Å². The number of fused-ring (bicyclic) bond motifs is 1. The number of benzene rings is 2. The van der Waals surface area contributed by atoms with Gasteiger partial charge >= 0.3 is 6.09 Å². The van der Waals surface area contributed by atoms with Crippen LogP contribution in [0.4, 0.5) is 10.5 Å². The third kappa shape index (κ3) is 6.10. The molecule has 2 aromatic carbocycles. The van der Waals surface area contributed by atoms with Crippen LogP contribution >= 0.6 is 11.8 Å². The first-order chi connectivity index (χ1) is 18.8. The number of nitrogens with zero attached hydrogens (tertiary/aromatic N) is 1. The molecule has 40 heavy (non-hydrogen) atoms. The fourth-order valence-electron chi connectivity index (χ4n) is 5.44. The molecule has 1 saturated heterocycles. The van der Waals surface area contributed by atoms with Crippen LogP contribution < -0.4 is 21.3 Å². The third-order valence-corrected chi connectivity index (χ3v) is 8.75. The zero-order valence-electron chi connectivity index (χ0n) is 23.2. The van der Waals surface area contributed by atoms with E-state index in [0.29, 0.717) is 5.75 Å². The molecule has 2 aromatic rings. The number of amides is 4. The van der Waals surface area contributed by atoms with Crippen molar-refractivity contribution in [3.05, 3.63) is 48.0 Å². The van der Waals surface area contributed by atoms with E-state index in [-0.39, 0.29) is 32.0 Å². The molecule has 5 N–H and O–H groups in total. The van der Waals surface area contributed by atoms with Crippen molar-refractivity contribution in [2.24, 2.45) is 17.1 Å². The topological polar surface area (TPSA) is 151 Å². The lowest BCUT2D eigenvalue weighted by Gasteiger charge is -2.48. The largest absolute Gasteiger partial charge is 0.465 e. The molecule has 0 bridgehead atoms. The first-order valence-electron chi connectivity index (χ1n) is 13.1. The minimum absolute atomic E-state index is 0.0705. The fraction of sp³-hybridized carbons (Fsp3) is 0.448. The van der Waals surface area contributed by atoms with Crippen molar-refractivity contribution >= 4 is 41.3 Å². The van der Waals surface area contributed by atoms with E-state index in [1.807, 2.05) is 57.2 Å². The van der Waals surface area contributed by atoms with Crippen molar-refractivity contribution in [3.63, 3.8) is 0 Å². The van der Waals surface area contributed by atoms with Crippen LogP contribution in [0.15, 0.2) is 47.4 Å². The average Bonchev–Trinajstić information content (AvgIpc) is 2.89. The SMILES string of the molecule is CN1C(=O)CSc2cc(-c3ccc(CC(NC(=O)C4(NC(=O)O)CCOCC4C(C)(C)C)C(N)=O)cc3)ccc21. The molecular weight excluding hydrogens is 532 g/mol. The Morgan fingerprint density at radius 1 is 1.18 bits per heavy atom. The van der Waals surface area contributed by atoms with E-state index < -0.39 is 40.8 Å². The number of thioether (sulfide) groups is 1. The van der Waals surface area contributed by atoms with Gasteiger partial charge in [0.1, 0.15) is 11.6 Å². The van der Waals surface area contributed by atoms with Crippen molar-refractivity contribution in [1.29, 1.82) is 0 Å². The molecule has 0 aliphatic carbocycles. The van der Waals surface area contributed by atoms with Gasteiger partial charge in [-0.3, -0.25) is 14.4 Å². The van der Waals surface area contributed by atoms with Crippen LogP contribution in [-0.4, -0.2) is 66.5 Å². The zero-order valence-corrected chi connectivity index (χ0v) is 24.0. The molecule has 2 heterocycles. The summed E-state index contributed by atoms with van der Waals surface area (Å²) in [6.07, 6.45) is -1.04. The van der Waals surface area contributed by atoms with Crippen molar-refractivity contribution in [3.8, 4) is 11.1 Å². The molecule has 0 saturated carbocycles. The highest BCUT2D eigenvalue weighted by Gasteiger charge is 2.53. The maximum absolute atomic E-state index is 13.7. The number of primary amides is 1. The molecule has 214 valence electrons. The van der Waals surface area contributed by atoms with Crippen LogP contribution in [0.3, 0.4) is 0 Å².